The largest absolute Gasteiger partial charge is 0.326 e. The Balaban J connectivity index is 2.25. The number of nitrogens with zero attached hydrogens (tertiary/aromatic N) is 1. The van der Waals surface area contributed by atoms with Crippen molar-refractivity contribution in [1.82, 2.24) is 4.90 Å². The van der Waals surface area contributed by atoms with Gasteiger partial charge < -0.3 is 5.73 Å². The number of aryl methyl sites for hydroxylation is 3. The summed E-state index contributed by atoms with van der Waals surface area (Å²) in [4.78, 5) is 2.53. The van der Waals surface area contributed by atoms with E-state index in [2.05, 4.69) is 51.7 Å². The molecular formula is C16H26N2. The molecule has 0 radical (unpaired) electrons. The van der Waals surface area contributed by atoms with Gasteiger partial charge in [-0.2, -0.15) is 0 Å². The fourth-order valence-electron chi connectivity index (χ4n) is 3.10. The second-order valence-corrected chi connectivity index (χ2v) is 6.35. The Morgan fingerprint density at radius 2 is 1.78 bits per heavy atom. The Bertz CT molecular complexity index is 425. The molecule has 1 saturated heterocycles. The second kappa shape index (κ2) is 4.67. The van der Waals surface area contributed by atoms with E-state index in [1.807, 2.05) is 0 Å². The Labute approximate surface area is 111 Å². The first-order valence-corrected chi connectivity index (χ1v) is 6.89. The summed E-state index contributed by atoms with van der Waals surface area (Å²) < 4.78 is 0. The summed E-state index contributed by atoms with van der Waals surface area (Å²) in [6.07, 6.45) is 1.11. The molecule has 2 heteroatoms. The molecule has 1 aromatic rings. The smallest absolute Gasteiger partial charge is 0.0308 e. The molecule has 1 aromatic carbocycles. The van der Waals surface area contributed by atoms with Crippen LogP contribution in [0.2, 0.25) is 0 Å². The lowest BCUT2D eigenvalue weighted by atomic mass is 9.94. The highest BCUT2D eigenvalue weighted by molar-refractivity contribution is 5.37. The van der Waals surface area contributed by atoms with Crippen molar-refractivity contribution in [3.8, 4) is 0 Å². The van der Waals surface area contributed by atoms with Crippen molar-refractivity contribution in [3.63, 3.8) is 0 Å². The zero-order valence-corrected chi connectivity index (χ0v) is 12.4. The first-order chi connectivity index (χ1) is 8.32. The number of rotatable bonds is 2. The molecule has 1 aliphatic heterocycles. The van der Waals surface area contributed by atoms with E-state index in [4.69, 9.17) is 5.73 Å². The number of benzene rings is 1. The van der Waals surface area contributed by atoms with Crippen LogP contribution in [-0.4, -0.2) is 23.0 Å². The van der Waals surface area contributed by atoms with E-state index in [1.165, 1.54) is 22.3 Å². The molecule has 0 bridgehead atoms. The molecule has 18 heavy (non-hydrogen) atoms. The zero-order chi connectivity index (χ0) is 13.5. The summed E-state index contributed by atoms with van der Waals surface area (Å²) in [7, 11) is 0. The molecule has 0 aliphatic carbocycles. The van der Waals surface area contributed by atoms with Gasteiger partial charge in [0.1, 0.15) is 0 Å². The summed E-state index contributed by atoms with van der Waals surface area (Å²) in [6, 6.07) is 4.86. The SMILES string of the molecule is Cc1cc(C)c(CN2CCC(N)C2(C)C)c(C)c1. The lowest BCUT2D eigenvalue weighted by molar-refractivity contribution is 0.154. The number of hydrogen-bond acceptors (Lipinski definition) is 2. The average molecular weight is 246 g/mol. The summed E-state index contributed by atoms with van der Waals surface area (Å²) in [5.41, 5.74) is 12.0. The van der Waals surface area contributed by atoms with Crippen molar-refractivity contribution in [2.24, 2.45) is 5.73 Å². The van der Waals surface area contributed by atoms with Crippen LogP contribution < -0.4 is 5.73 Å². The minimum Gasteiger partial charge on any atom is -0.326 e. The predicted molar refractivity (Wildman–Crippen MR) is 77.7 cm³/mol. The molecule has 1 fully saturated rings. The first kappa shape index (κ1) is 13.6. The summed E-state index contributed by atoms with van der Waals surface area (Å²) in [5, 5.41) is 0. The first-order valence-electron chi connectivity index (χ1n) is 6.89. The van der Waals surface area contributed by atoms with Gasteiger partial charge in [-0.15, -0.1) is 0 Å². The van der Waals surface area contributed by atoms with Crippen molar-refractivity contribution in [2.75, 3.05) is 6.54 Å². The third-order valence-corrected chi connectivity index (χ3v) is 4.62. The van der Waals surface area contributed by atoms with Gasteiger partial charge in [0, 0.05) is 24.7 Å². The normalized spacial score (nSPS) is 23.6. The molecule has 0 spiro atoms. The van der Waals surface area contributed by atoms with Gasteiger partial charge in [-0.3, -0.25) is 4.90 Å². The fraction of sp³-hybridized carbons (Fsp3) is 0.625. The summed E-state index contributed by atoms with van der Waals surface area (Å²) in [6.45, 7) is 13.3. The molecule has 2 nitrogen and oxygen atoms in total. The average Bonchev–Trinajstić information content (AvgIpc) is 2.49. The van der Waals surface area contributed by atoms with E-state index in [0.717, 1.165) is 19.5 Å². The highest BCUT2D eigenvalue weighted by Gasteiger charge is 2.38. The van der Waals surface area contributed by atoms with Crippen LogP contribution in [0.3, 0.4) is 0 Å². The van der Waals surface area contributed by atoms with Crippen LogP contribution in [0, 0.1) is 20.8 Å². The predicted octanol–water partition coefficient (Wildman–Crippen LogP) is 2.92. The molecule has 0 saturated carbocycles. The van der Waals surface area contributed by atoms with Crippen LogP contribution in [0.25, 0.3) is 0 Å². The third kappa shape index (κ3) is 2.32. The van der Waals surface area contributed by atoms with Gasteiger partial charge >= 0.3 is 0 Å². The molecule has 2 N–H and O–H groups in total. The van der Waals surface area contributed by atoms with Crippen LogP contribution in [-0.2, 0) is 6.54 Å². The molecule has 100 valence electrons. The minimum atomic E-state index is 0.115. The van der Waals surface area contributed by atoms with E-state index in [1.54, 1.807) is 0 Å². The van der Waals surface area contributed by atoms with E-state index in [-0.39, 0.29) is 5.54 Å². The van der Waals surface area contributed by atoms with Gasteiger partial charge in [-0.1, -0.05) is 17.7 Å². The zero-order valence-electron chi connectivity index (χ0n) is 12.4. The van der Waals surface area contributed by atoms with Crippen molar-refractivity contribution in [3.05, 3.63) is 34.4 Å². The molecule has 1 unspecified atom stereocenters. The Kier molecular flexibility index (Phi) is 3.52. The van der Waals surface area contributed by atoms with Crippen LogP contribution in [0.1, 0.15) is 42.5 Å². The van der Waals surface area contributed by atoms with Crippen LogP contribution >= 0.6 is 0 Å². The lowest BCUT2D eigenvalue weighted by Crippen LogP contribution is -2.48. The van der Waals surface area contributed by atoms with E-state index in [0.29, 0.717) is 6.04 Å². The van der Waals surface area contributed by atoms with Crippen molar-refractivity contribution in [1.29, 1.82) is 0 Å². The van der Waals surface area contributed by atoms with Crippen LogP contribution in [0.15, 0.2) is 12.1 Å². The highest BCUT2D eigenvalue weighted by Crippen LogP contribution is 2.30. The lowest BCUT2D eigenvalue weighted by Gasteiger charge is -2.35. The molecule has 1 aliphatic rings. The van der Waals surface area contributed by atoms with Crippen molar-refractivity contribution >= 4 is 0 Å². The highest BCUT2D eigenvalue weighted by atomic mass is 15.2. The molecule has 0 aromatic heterocycles. The molecular weight excluding hydrogens is 220 g/mol. The monoisotopic (exact) mass is 246 g/mol. The Morgan fingerprint density at radius 3 is 2.22 bits per heavy atom. The van der Waals surface area contributed by atoms with E-state index < -0.39 is 0 Å². The maximum atomic E-state index is 6.22. The Hall–Kier alpha value is -0.860. The quantitative estimate of drug-likeness (QED) is 0.869. The topological polar surface area (TPSA) is 29.3 Å². The van der Waals surface area contributed by atoms with E-state index in [9.17, 15) is 0 Å². The second-order valence-electron chi connectivity index (χ2n) is 6.35. The maximum Gasteiger partial charge on any atom is 0.0308 e. The van der Waals surface area contributed by atoms with Gasteiger partial charge in [0.05, 0.1) is 0 Å². The third-order valence-electron chi connectivity index (χ3n) is 4.62. The molecule has 1 atom stereocenters. The summed E-state index contributed by atoms with van der Waals surface area (Å²) in [5.74, 6) is 0. The Morgan fingerprint density at radius 1 is 1.22 bits per heavy atom. The molecule has 1 heterocycles. The standard InChI is InChI=1S/C16H26N2/c1-11-8-12(2)14(13(3)9-11)10-18-7-6-15(17)16(18,4)5/h8-9,15H,6-7,10,17H2,1-5H3. The number of likely N-dealkylation sites (tertiary alicyclic amines) is 1. The number of nitrogens with two attached hydrogens (primary N) is 1. The van der Waals surface area contributed by atoms with Gasteiger partial charge in [-0.05, 0) is 57.7 Å². The van der Waals surface area contributed by atoms with E-state index >= 15 is 0 Å². The van der Waals surface area contributed by atoms with Crippen molar-refractivity contribution < 1.29 is 0 Å². The van der Waals surface area contributed by atoms with Gasteiger partial charge in [0.2, 0.25) is 0 Å². The maximum absolute atomic E-state index is 6.22. The fourth-order valence-corrected chi connectivity index (χ4v) is 3.10. The number of hydrogen-bond donors (Lipinski definition) is 1. The van der Waals surface area contributed by atoms with Crippen molar-refractivity contribution in [2.45, 2.75) is 59.2 Å². The minimum absolute atomic E-state index is 0.115. The van der Waals surface area contributed by atoms with Crippen LogP contribution in [0.5, 0.6) is 0 Å². The van der Waals surface area contributed by atoms with Gasteiger partial charge in [-0.25, -0.2) is 0 Å². The van der Waals surface area contributed by atoms with Gasteiger partial charge in [0.15, 0.2) is 0 Å². The molecule has 0 amide bonds. The molecule has 2 rings (SSSR count). The summed E-state index contributed by atoms with van der Waals surface area (Å²) >= 11 is 0. The van der Waals surface area contributed by atoms with Crippen LogP contribution in [0.4, 0.5) is 0 Å². The van der Waals surface area contributed by atoms with Gasteiger partial charge in [0.25, 0.3) is 0 Å².